The van der Waals surface area contributed by atoms with Crippen LogP contribution in [0.4, 0.5) is 4.39 Å². The second kappa shape index (κ2) is 7.80. The van der Waals surface area contributed by atoms with E-state index >= 15 is 0 Å². The summed E-state index contributed by atoms with van der Waals surface area (Å²) in [6.07, 6.45) is 7.81. The molecule has 0 bridgehead atoms. The van der Waals surface area contributed by atoms with Crippen molar-refractivity contribution < 1.29 is 9.13 Å². The molecule has 5 rings (SSSR count). The minimum atomic E-state index is -1.47. The Morgan fingerprint density at radius 1 is 1.29 bits per heavy atom. The van der Waals surface area contributed by atoms with E-state index in [1.807, 2.05) is 10.9 Å². The van der Waals surface area contributed by atoms with Crippen molar-refractivity contribution in [2.45, 2.75) is 64.3 Å². The second-order valence-electron chi connectivity index (χ2n) is 9.19. The molecular weight excluding hydrogens is 435 g/mol. The van der Waals surface area contributed by atoms with Gasteiger partial charge in [-0.1, -0.05) is 11.6 Å². The number of piperidine rings is 1. The van der Waals surface area contributed by atoms with Crippen LogP contribution in [-0.2, 0) is 22.6 Å². The van der Waals surface area contributed by atoms with Crippen LogP contribution in [0.2, 0.25) is 4.34 Å². The maximum Gasteiger partial charge on any atom is 0.157 e. The standard InChI is InChI=1S/C23H28ClFN4OS/c1-15-5-4-8-26-21(15)29-13-17(16(2)27-29)12-28-9-6-23(7-10-28)20-18(11-19(24)31-20)22(3,25)14-30-23/h8,11,13H,4-7,9-10,12,14H2,1-3H3. The molecule has 0 saturated carbocycles. The molecule has 1 spiro atoms. The van der Waals surface area contributed by atoms with Gasteiger partial charge in [0.1, 0.15) is 5.60 Å². The summed E-state index contributed by atoms with van der Waals surface area (Å²) in [7, 11) is 0. The minimum absolute atomic E-state index is 0.0912. The number of hydrogen-bond donors (Lipinski definition) is 0. The highest BCUT2D eigenvalue weighted by molar-refractivity contribution is 7.16. The van der Waals surface area contributed by atoms with E-state index in [1.165, 1.54) is 22.5 Å². The van der Waals surface area contributed by atoms with Gasteiger partial charge in [-0.25, -0.2) is 14.1 Å². The molecule has 5 nitrogen and oxygen atoms in total. The smallest absolute Gasteiger partial charge is 0.157 e. The van der Waals surface area contributed by atoms with Crippen molar-refractivity contribution in [3.8, 4) is 0 Å². The molecule has 3 aliphatic heterocycles. The van der Waals surface area contributed by atoms with Gasteiger partial charge in [-0.2, -0.15) is 5.10 Å². The molecule has 5 heterocycles. The number of aryl methyl sites for hydroxylation is 1. The highest BCUT2D eigenvalue weighted by Crippen LogP contribution is 2.51. The summed E-state index contributed by atoms with van der Waals surface area (Å²) < 4.78 is 23.7. The number of fused-ring (bicyclic) bond motifs is 2. The van der Waals surface area contributed by atoms with E-state index in [9.17, 15) is 4.39 Å². The molecule has 0 radical (unpaired) electrons. The highest BCUT2D eigenvalue weighted by Gasteiger charge is 2.49. The van der Waals surface area contributed by atoms with Crippen LogP contribution in [0.5, 0.6) is 0 Å². The summed E-state index contributed by atoms with van der Waals surface area (Å²) in [5, 5.41) is 4.72. The number of alkyl halides is 1. The number of aromatic nitrogens is 2. The number of rotatable bonds is 3. The molecule has 0 amide bonds. The van der Waals surface area contributed by atoms with Gasteiger partial charge in [-0.3, -0.25) is 4.90 Å². The van der Waals surface area contributed by atoms with Gasteiger partial charge in [0.25, 0.3) is 0 Å². The first-order valence-corrected chi connectivity index (χ1v) is 12.1. The molecule has 0 N–H and O–H groups in total. The topological polar surface area (TPSA) is 42.6 Å². The number of aliphatic imine (C=N–C) groups is 1. The van der Waals surface area contributed by atoms with E-state index in [-0.39, 0.29) is 6.61 Å². The molecule has 3 aliphatic rings. The van der Waals surface area contributed by atoms with E-state index < -0.39 is 11.3 Å². The molecule has 0 aromatic carbocycles. The summed E-state index contributed by atoms with van der Waals surface area (Å²) in [5.74, 6) is 0.949. The third-order valence-electron chi connectivity index (χ3n) is 6.82. The molecule has 1 saturated heterocycles. The van der Waals surface area contributed by atoms with Crippen molar-refractivity contribution in [2.75, 3.05) is 19.7 Å². The van der Waals surface area contributed by atoms with Crippen molar-refractivity contribution in [2.24, 2.45) is 4.99 Å². The van der Waals surface area contributed by atoms with E-state index in [0.29, 0.717) is 4.34 Å². The SMILES string of the molecule is CC1=C(n2cc(CN3CCC4(CC3)OCC(C)(F)c3cc(Cl)sc34)c(C)n2)N=CCC1. The molecule has 1 fully saturated rings. The third-order valence-corrected chi connectivity index (χ3v) is 8.27. The van der Waals surface area contributed by atoms with E-state index in [0.717, 1.165) is 67.3 Å². The number of thiophene rings is 1. The van der Waals surface area contributed by atoms with Crippen LogP contribution < -0.4 is 0 Å². The number of likely N-dealkylation sites (tertiary alicyclic amines) is 1. The average Bonchev–Trinajstić information content (AvgIpc) is 3.31. The molecular formula is C23H28ClFN4OS. The number of ether oxygens (including phenoxy) is 1. The number of hydrogen-bond acceptors (Lipinski definition) is 5. The quantitative estimate of drug-likeness (QED) is 0.590. The van der Waals surface area contributed by atoms with Gasteiger partial charge in [0.15, 0.2) is 11.5 Å². The van der Waals surface area contributed by atoms with Gasteiger partial charge in [0.2, 0.25) is 0 Å². The van der Waals surface area contributed by atoms with Crippen LogP contribution in [0.3, 0.4) is 0 Å². The van der Waals surface area contributed by atoms with Crippen molar-refractivity contribution in [3.05, 3.63) is 43.9 Å². The maximum atomic E-state index is 15.0. The Bertz CT molecular complexity index is 1060. The summed E-state index contributed by atoms with van der Waals surface area (Å²) in [6, 6.07) is 1.79. The van der Waals surface area contributed by atoms with Gasteiger partial charge in [0, 0.05) is 48.0 Å². The molecule has 2 aromatic heterocycles. The van der Waals surface area contributed by atoms with Gasteiger partial charge in [-0.15, -0.1) is 11.3 Å². The van der Waals surface area contributed by atoms with Crippen LogP contribution in [-0.4, -0.2) is 40.6 Å². The van der Waals surface area contributed by atoms with Crippen molar-refractivity contribution in [3.63, 3.8) is 0 Å². The summed E-state index contributed by atoms with van der Waals surface area (Å²) in [4.78, 5) is 7.98. The lowest BCUT2D eigenvalue weighted by atomic mass is 9.81. The molecule has 31 heavy (non-hydrogen) atoms. The zero-order valence-electron chi connectivity index (χ0n) is 18.3. The Kier molecular flexibility index (Phi) is 5.36. The molecule has 1 unspecified atom stereocenters. The zero-order valence-corrected chi connectivity index (χ0v) is 19.8. The van der Waals surface area contributed by atoms with Crippen LogP contribution in [0.1, 0.15) is 61.2 Å². The number of halogens is 2. The van der Waals surface area contributed by atoms with Crippen LogP contribution >= 0.6 is 22.9 Å². The second-order valence-corrected chi connectivity index (χ2v) is 10.9. The number of nitrogens with zero attached hydrogens (tertiary/aromatic N) is 4. The van der Waals surface area contributed by atoms with Crippen LogP contribution in [0, 0.1) is 6.92 Å². The van der Waals surface area contributed by atoms with Crippen LogP contribution in [0.15, 0.2) is 22.8 Å². The molecule has 1 atom stereocenters. The predicted molar refractivity (Wildman–Crippen MR) is 124 cm³/mol. The summed E-state index contributed by atoms with van der Waals surface area (Å²) >= 11 is 7.75. The van der Waals surface area contributed by atoms with Crippen LogP contribution in [0.25, 0.3) is 5.82 Å². The highest BCUT2D eigenvalue weighted by atomic mass is 35.5. The number of allylic oxidation sites excluding steroid dienone is 1. The van der Waals surface area contributed by atoms with Gasteiger partial charge >= 0.3 is 0 Å². The van der Waals surface area contributed by atoms with Crippen molar-refractivity contribution >= 4 is 35.0 Å². The van der Waals surface area contributed by atoms with Gasteiger partial charge in [0.05, 0.1) is 16.6 Å². The Hall–Kier alpha value is -1.54. The first-order valence-electron chi connectivity index (χ1n) is 10.9. The Morgan fingerprint density at radius 3 is 2.81 bits per heavy atom. The minimum Gasteiger partial charge on any atom is -0.366 e. The Balaban J connectivity index is 1.31. The normalized spacial score (nSPS) is 26.0. The van der Waals surface area contributed by atoms with Crippen molar-refractivity contribution in [1.29, 1.82) is 0 Å². The van der Waals surface area contributed by atoms with Gasteiger partial charge in [-0.05, 0) is 58.1 Å². The molecule has 166 valence electrons. The molecule has 8 heteroatoms. The first kappa shape index (κ1) is 21.3. The first-order chi connectivity index (χ1) is 14.8. The lowest BCUT2D eigenvalue weighted by molar-refractivity contribution is -0.138. The average molecular weight is 463 g/mol. The van der Waals surface area contributed by atoms with E-state index in [2.05, 4.69) is 29.9 Å². The fraction of sp³-hybridized carbons (Fsp3) is 0.565. The lowest BCUT2D eigenvalue weighted by Gasteiger charge is -2.46. The Morgan fingerprint density at radius 2 is 2.06 bits per heavy atom. The predicted octanol–water partition coefficient (Wildman–Crippen LogP) is 5.67. The van der Waals surface area contributed by atoms with Crippen molar-refractivity contribution in [1.82, 2.24) is 14.7 Å². The summed E-state index contributed by atoms with van der Waals surface area (Å²) in [5.41, 5.74) is 2.37. The maximum absolute atomic E-state index is 15.0. The van der Waals surface area contributed by atoms with E-state index in [1.54, 1.807) is 13.0 Å². The van der Waals surface area contributed by atoms with E-state index in [4.69, 9.17) is 21.4 Å². The fourth-order valence-corrected chi connectivity index (χ4v) is 6.40. The molecule has 0 aliphatic carbocycles. The third kappa shape index (κ3) is 3.80. The Labute approximate surface area is 191 Å². The molecule has 2 aromatic rings. The van der Waals surface area contributed by atoms with Gasteiger partial charge < -0.3 is 4.74 Å². The fourth-order valence-electron chi connectivity index (χ4n) is 4.86. The lowest BCUT2D eigenvalue weighted by Crippen LogP contribution is -2.48. The summed E-state index contributed by atoms with van der Waals surface area (Å²) in [6.45, 7) is 8.50. The monoisotopic (exact) mass is 462 g/mol. The largest absolute Gasteiger partial charge is 0.366 e. The zero-order chi connectivity index (χ0) is 21.8.